The molecule has 1 heterocycles. The fraction of sp³-hybridized carbons (Fsp3) is 0.625. The standard InChI is InChI=1S/C8H14IN2/c1-4-10-5-6-11(7(2)3)8(10)9/h5-7H,4H2,1-3H3/q+1. The Kier molecular flexibility index (Phi) is 2.92. The zero-order valence-electron chi connectivity index (χ0n) is 7.21. The van der Waals surface area contributed by atoms with E-state index >= 15 is 0 Å². The second-order valence-corrected chi connectivity index (χ2v) is 3.82. The fourth-order valence-corrected chi connectivity index (χ4v) is 2.26. The lowest BCUT2D eigenvalue weighted by molar-refractivity contribution is -0.705. The van der Waals surface area contributed by atoms with Crippen LogP contribution in [0.4, 0.5) is 0 Å². The van der Waals surface area contributed by atoms with Crippen LogP contribution in [-0.2, 0) is 6.54 Å². The molecule has 0 amide bonds. The maximum Gasteiger partial charge on any atom is 0.317 e. The van der Waals surface area contributed by atoms with Crippen molar-refractivity contribution in [1.82, 2.24) is 4.57 Å². The Balaban J connectivity index is 3.00. The predicted octanol–water partition coefficient (Wildman–Crippen LogP) is 1.98. The van der Waals surface area contributed by atoms with Gasteiger partial charge in [-0.15, -0.1) is 0 Å². The largest absolute Gasteiger partial charge is 0.317 e. The average molecular weight is 265 g/mol. The van der Waals surface area contributed by atoms with E-state index in [-0.39, 0.29) is 0 Å². The highest BCUT2D eigenvalue weighted by atomic mass is 127. The summed E-state index contributed by atoms with van der Waals surface area (Å²) in [6.07, 6.45) is 4.26. The van der Waals surface area contributed by atoms with E-state index in [2.05, 4.69) is 64.9 Å². The Morgan fingerprint density at radius 1 is 1.64 bits per heavy atom. The van der Waals surface area contributed by atoms with E-state index in [0.717, 1.165) is 6.54 Å². The van der Waals surface area contributed by atoms with Gasteiger partial charge >= 0.3 is 3.83 Å². The van der Waals surface area contributed by atoms with Crippen molar-refractivity contribution in [2.45, 2.75) is 33.4 Å². The van der Waals surface area contributed by atoms with Gasteiger partial charge in [-0.2, -0.15) is 0 Å². The molecular formula is C8H14IN2+. The molecule has 0 N–H and O–H groups in total. The molecule has 0 radical (unpaired) electrons. The summed E-state index contributed by atoms with van der Waals surface area (Å²) in [7, 11) is 0. The van der Waals surface area contributed by atoms with Crippen LogP contribution in [0.5, 0.6) is 0 Å². The molecular weight excluding hydrogens is 251 g/mol. The highest BCUT2D eigenvalue weighted by Gasteiger charge is 2.13. The van der Waals surface area contributed by atoms with E-state index in [1.807, 2.05) is 0 Å². The summed E-state index contributed by atoms with van der Waals surface area (Å²) in [5, 5.41) is 0. The zero-order valence-corrected chi connectivity index (χ0v) is 9.37. The molecule has 1 aromatic rings. The van der Waals surface area contributed by atoms with Gasteiger partial charge in [-0.1, -0.05) is 0 Å². The first-order chi connectivity index (χ1) is 5.16. The molecule has 0 aromatic carbocycles. The van der Waals surface area contributed by atoms with Crippen LogP contribution in [0.2, 0.25) is 0 Å². The van der Waals surface area contributed by atoms with Crippen molar-refractivity contribution in [3.05, 3.63) is 16.2 Å². The number of hydrogen-bond acceptors (Lipinski definition) is 0. The summed E-state index contributed by atoms with van der Waals surface area (Å²) in [5.74, 6) is 0. The van der Waals surface area contributed by atoms with Gasteiger partial charge in [-0.25, -0.2) is 9.13 Å². The minimum atomic E-state index is 0.565. The Bertz CT molecular complexity index is 240. The first kappa shape index (κ1) is 9.03. The lowest BCUT2D eigenvalue weighted by Gasteiger charge is -2.00. The lowest BCUT2D eigenvalue weighted by Crippen LogP contribution is -2.34. The summed E-state index contributed by atoms with van der Waals surface area (Å²) in [5.41, 5.74) is 0. The van der Waals surface area contributed by atoms with Gasteiger partial charge in [-0.05, 0) is 20.8 Å². The highest BCUT2D eigenvalue weighted by Crippen LogP contribution is 2.08. The number of nitrogens with zero attached hydrogens (tertiary/aromatic N) is 2. The van der Waals surface area contributed by atoms with Crippen LogP contribution in [0.15, 0.2) is 12.4 Å². The van der Waals surface area contributed by atoms with Crippen LogP contribution in [0.3, 0.4) is 0 Å². The van der Waals surface area contributed by atoms with Gasteiger partial charge in [0.2, 0.25) is 0 Å². The molecule has 11 heavy (non-hydrogen) atoms. The van der Waals surface area contributed by atoms with Crippen LogP contribution in [0.25, 0.3) is 0 Å². The van der Waals surface area contributed by atoms with Crippen molar-refractivity contribution in [2.24, 2.45) is 0 Å². The Morgan fingerprint density at radius 2 is 2.27 bits per heavy atom. The predicted molar refractivity (Wildman–Crippen MR) is 53.4 cm³/mol. The molecule has 0 aliphatic carbocycles. The van der Waals surface area contributed by atoms with Gasteiger partial charge in [-0.3, -0.25) is 0 Å². The molecule has 0 saturated heterocycles. The minimum absolute atomic E-state index is 0.565. The van der Waals surface area contributed by atoms with Crippen LogP contribution < -0.4 is 4.57 Å². The molecule has 1 aromatic heterocycles. The third kappa shape index (κ3) is 1.75. The van der Waals surface area contributed by atoms with E-state index in [9.17, 15) is 0 Å². The van der Waals surface area contributed by atoms with Gasteiger partial charge in [0, 0.05) is 0 Å². The van der Waals surface area contributed by atoms with Crippen LogP contribution in [0, 0.1) is 3.83 Å². The molecule has 2 nitrogen and oxygen atoms in total. The Hall–Kier alpha value is -0.0600. The summed E-state index contributed by atoms with van der Waals surface area (Å²) in [4.78, 5) is 0. The quantitative estimate of drug-likeness (QED) is 0.571. The van der Waals surface area contributed by atoms with E-state index in [1.165, 1.54) is 3.83 Å². The molecule has 1 rings (SSSR count). The second kappa shape index (κ2) is 3.56. The van der Waals surface area contributed by atoms with E-state index in [4.69, 9.17) is 0 Å². The summed E-state index contributed by atoms with van der Waals surface area (Å²) < 4.78 is 5.81. The Labute approximate surface area is 81.4 Å². The van der Waals surface area contributed by atoms with Gasteiger partial charge in [0.15, 0.2) is 0 Å². The molecule has 62 valence electrons. The summed E-state index contributed by atoms with van der Waals surface area (Å²) in [6, 6.07) is 0.565. The van der Waals surface area contributed by atoms with E-state index < -0.39 is 0 Å². The lowest BCUT2D eigenvalue weighted by atomic mass is 10.4. The molecule has 0 atom stereocenters. The SMILES string of the molecule is CC[n+]1ccn(C(C)C)c1I. The third-order valence-corrected chi connectivity index (χ3v) is 2.93. The van der Waals surface area contributed by atoms with E-state index in [1.54, 1.807) is 0 Å². The molecule has 0 aliphatic heterocycles. The van der Waals surface area contributed by atoms with Crippen molar-refractivity contribution < 1.29 is 4.57 Å². The number of halogens is 1. The van der Waals surface area contributed by atoms with Crippen LogP contribution in [0.1, 0.15) is 26.8 Å². The first-order valence-electron chi connectivity index (χ1n) is 3.92. The van der Waals surface area contributed by atoms with Gasteiger partial charge in [0.25, 0.3) is 0 Å². The number of rotatable bonds is 2. The zero-order chi connectivity index (χ0) is 8.43. The molecule has 0 fully saturated rings. The minimum Gasteiger partial charge on any atom is -0.226 e. The van der Waals surface area contributed by atoms with Crippen molar-refractivity contribution in [3.8, 4) is 0 Å². The van der Waals surface area contributed by atoms with Crippen molar-refractivity contribution >= 4 is 22.6 Å². The normalized spacial score (nSPS) is 11.0. The topological polar surface area (TPSA) is 8.81 Å². The van der Waals surface area contributed by atoms with Crippen molar-refractivity contribution in [2.75, 3.05) is 0 Å². The maximum atomic E-state index is 2.38. The average Bonchev–Trinajstić information content (AvgIpc) is 2.30. The summed E-state index contributed by atoms with van der Waals surface area (Å²) in [6.45, 7) is 7.61. The first-order valence-corrected chi connectivity index (χ1v) is 5.00. The monoisotopic (exact) mass is 265 g/mol. The Morgan fingerprint density at radius 3 is 2.55 bits per heavy atom. The van der Waals surface area contributed by atoms with Crippen molar-refractivity contribution in [1.29, 1.82) is 0 Å². The van der Waals surface area contributed by atoms with Gasteiger partial charge in [0.1, 0.15) is 12.4 Å². The number of aryl methyl sites for hydroxylation is 1. The molecule has 0 unspecified atom stereocenters. The molecule has 3 heteroatoms. The smallest absolute Gasteiger partial charge is 0.226 e. The summed E-state index contributed by atoms with van der Waals surface area (Å²) >= 11 is 2.38. The van der Waals surface area contributed by atoms with Crippen LogP contribution >= 0.6 is 22.6 Å². The number of aromatic nitrogens is 2. The highest BCUT2D eigenvalue weighted by molar-refractivity contribution is 14.1. The third-order valence-electron chi connectivity index (χ3n) is 1.75. The second-order valence-electron chi connectivity index (χ2n) is 2.85. The molecule has 0 spiro atoms. The molecule has 0 saturated carbocycles. The van der Waals surface area contributed by atoms with E-state index in [0.29, 0.717) is 6.04 Å². The number of imidazole rings is 1. The fourth-order valence-electron chi connectivity index (χ4n) is 1.04. The van der Waals surface area contributed by atoms with Crippen molar-refractivity contribution in [3.63, 3.8) is 0 Å². The van der Waals surface area contributed by atoms with Crippen LogP contribution in [-0.4, -0.2) is 4.57 Å². The van der Waals surface area contributed by atoms with Gasteiger partial charge in [0.05, 0.1) is 35.2 Å². The molecule has 0 aliphatic rings. The number of hydrogen-bond donors (Lipinski definition) is 0. The maximum absolute atomic E-state index is 2.38. The molecule has 0 bridgehead atoms. The van der Waals surface area contributed by atoms with Gasteiger partial charge < -0.3 is 0 Å².